The number of amides is 1. The molecule has 1 aliphatic rings. The number of carbonyl (C=O) groups excluding carboxylic acids is 1. The largest absolute Gasteiger partial charge is 0.373 e. The van der Waals surface area contributed by atoms with Gasteiger partial charge in [0.15, 0.2) is 0 Å². The molecular formula is C16H25N3O4S. The van der Waals surface area contributed by atoms with Crippen LogP contribution in [0.4, 0.5) is 0 Å². The molecule has 24 heavy (non-hydrogen) atoms. The van der Waals surface area contributed by atoms with Crippen LogP contribution >= 0.6 is 0 Å². The molecule has 1 fully saturated rings. The maximum atomic E-state index is 12.8. The molecule has 0 radical (unpaired) electrons. The van der Waals surface area contributed by atoms with E-state index in [0.29, 0.717) is 31.7 Å². The van der Waals surface area contributed by atoms with E-state index in [-0.39, 0.29) is 23.0 Å². The molecule has 2 rings (SSSR count). The van der Waals surface area contributed by atoms with Crippen molar-refractivity contribution in [2.75, 3.05) is 33.2 Å². The van der Waals surface area contributed by atoms with Gasteiger partial charge < -0.3 is 15.4 Å². The Kier molecular flexibility index (Phi) is 6.34. The highest BCUT2D eigenvalue weighted by Gasteiger charge is 2.32. The van der Waals surface area contributed by atoms with E-state index in [1.54, 1.807) is 19.2 Å². The molecule has 1 aromatic carbocycles. The van der Waals surface area contributed by atoms with Gasteiger partial charge in [0.2, 0.25) is 10.0 Å². The first-order valence-corrected chi connectivity index (χ1v) is 9.47. The number of hydrogen-bond acceptors (Lipinski definition) is 5. The molecule has 7 nitrogen and oxygen atoms in total. The van der Waals surface area contributed by atoms with Crippen molar-refractivity contribution in [3.63, 3.8) is 0 Å². The summed E-state index contributed by atoms with van der Waals surface area (Å²) in [6.45, 7) is 5.45. The van der Waals surface area contributed by atoms with E-state index in [0.717, 1.165) is 0 Å². The first-order chi connectivity index (χ1) is 11.3. The Balaban J connectivity index is 2.18. The molecule has 1 aromatic rings. The van der Waals surface area contributed by atoms with Crippen molar-refractivity contribution in [1.29, 1.82) is 0 Å². The molecule has 1 saturated heterocycles. The number of nitrogens with zero attached hydrogens (tertiary/aromatic N) is 1. The number of morpholine rings is 1. The molecule has 0 aromatic heterocycles. The fraction of sp³-hybridized carbons (Fsp3) is 0.562. The number of rotatable bonds is 6. The summed E-state index contributed by atoms with van der Waals surface area (Å²) in [5, 5.41) is 5.67. The van der Waals surface area contributed by atoms with Gasteiger partial charge in [-0.3, -0.25) is 4.79 Å². The number of likely N-dealkylation sites (N-methyl/N-ethyl adjacent to an activating group) is 1. The Morgan fingerprint density at radius 3 is 2.54 bits per heavy atom. The molecule has 2 unspecified atom stereocenters. The van der Waals surface area contributed by atoms with Gasteiger partial charge in [0.1, 0.15) is 0 Å². The zero-order valence-corrected chi connectivity index (χ0v) is 15.1. The monoisotopic (exact) mass is 355 g/mol. The highest BCUT2D eigenvalue weighted by atomic mass is 32.2. The number of hydrogen-bond donors (Lipinski definition) is 2. The van der Waals surface area contributed by atoms with Gasteiger partial charge in [-0.25, -0.2) is 8.42 Å². The van der Waals surface area contributed by atoms with Gasteiger partial charge >= 0.3 is 0 Å². The molecule has 1 amide bonds. The second-order valence-corrected chi connectivity index (χ2v) is 7.90. The predicted octanol–water partition coefficient (Wildman–Crippen LogP) is 0.434. The molecule has 0 aliphatic carbocycles. The lowest BCUT2D eigenvalue weighted by Crippen LogP contribution is -2.48. The molecule has 0 spiro atoms. The van der Waals surface area contributed by atoms with Gasteiger partial charge in [0.05, 0.1) is 17.1 Å². The first kappa shape index (κ1) is 18.9. The molecule has 1 aliphatic heterocycles. The Hall–Kier alpha value is -1.48. The lowest BCUT2D eigenvalue weighted by atomic mass is 10.2. The number of benzene rings is 1. The summed E-state index contributed by atoms with van der Waals surface area (Å²) in [5.74, 6) is -0.286. The second kappa shape index (κ2) is 8.06. The summed E-state index contributed by atoms with van der Waals surface area (Å²) in [6, 6.07) is 6.14. The summed E-state index contributed by atoms with van der Waals surface area (Å²) < 4.78 is 32.7. The maximum absolute atomic E-state index is 12.8. The zero-order valence-electron chi connectivity index (χ0n) is 14.3. The van der Waals surface area contributed by atoms with E-state index >= 15 is 0 Å². The third-order valence-corrected chi connectivity index (χ3v) is 5.61. The van der Waals surface area contributed by atoms with E-state index in [1.807, 2.05) is 13.8 Å². The van der Waals surface area contributed by atoms with Crippen molar-refractivity contribution >= 4 is 15.9 Å². The zero-order chi connectivity index (χ0) is 17.7. The summed E-state index contributed by atoms with van der Waals surface area (Å²) in [6.07, 6.45) is -0.312. The standard InChI is InChI=1S/C16H25N3O4S/c1-12-10-19(11-13(2)23-12)24(21,22)15-6-4-5-14(9-15)16(20)18-8-7-17-3/h4-6,9,12-13,17H,7-8,10-11H2,1-3H3,(H,18,20). The molecule has 2 atom stereocenters. The van der Waals surface area contributed by atoms with Crippen molar-refractivity contribution < 1.29 is 17.9 Å². The van der Waals surface area contributed by atoms with Gasteiger partial charge in [-0.1, -0.05) is 6.07 Å². The smallest absolute Gasteiger partial charge is 0.251 e. The normalized spacial score (nSPS) is 22.3. The molecule has 0 saturated carbocycles. The average molecular weight is 355 g/mol. The SMILES string of the molecule is CNCCNC(=O)c1cccc(S(=O)(=O)N2CC(C)OC(C)C2)c1. The second-order valence-electron chi connectivity index (χ2n) is 5.97. The molecular weight excluding hydrogens is 330 g/mol. The molecule has 134 valence electrons. The van der Waals surface area contributed by atoms with Crippen molar-refractivity contribution in [1.82, 2.24) is 14.9 Å². The number of ether oxygens (including phenoxy) is 1. The van der Waals surface area contributed by atoms with Crippen LogP contribution in [0.2, 0.25) is 0 Å². The van der Waals surface area contributed by atoms with Crippen LogP contribution in [0.15, 0.2) is 29.2 Å². The predicted molar refractivity (Wildman–Crippen MR) is 91.5 cm³/mol. The van der Waals surface area contributed by atoms with Crippen LogP contribution in [-0.4, -0.2) is 64.1 Å². The molecule has 2 N–H and O–H groups in total. The van der Waals surface area contributed by atoms with Crippen LogP contribution < -0.4 is 10.6 Å². The van der Waals surface area contributed by atoms with Gasteiger partial charge in [-0.05, 0) is 39.1 Å². The van der Waals surface area contributed by atoms with Crippen LogP contribution in [0.1, 0.15) is 24.2 Å². The van der Waals surface area contributed by atoms with E-state index in [2.05, 4.69) is 10.6 Å². The summed E-state index contributed by atoms with van der Waals surface area (Å²) in [5.41, 5.74) is 0.335. The minimum atomic E-state index is -3.65. The van der Waals surface area contributed by atoms with E-state index in [1.165, 1.54) is 16.4 Å². The van der Waals surface area contributed by atoms with Crippen molar-refractivity contribution in [2.24, 2.45) is 0 Å². The number of nitrogens with one attached hydrogen (secondary N) is 2. The van der Waals surface area contributed by atoms with Crippen molar-refractivity contribution in [3.05, 3.63) is 29.8 Å². The van der Waals surface area contributed by atoms with Crippen LogP contribution in [0.5, 0.6) is 0 Å². The fourth-order valence-corrected chi connectivity index (χ4v) is 4.31. The van der Waals surface area contributed by atoms with Gasteiger partial charge in [-0.2, -0.15) is 4.31 Å². The maximum Gasteiger partial charge on any atom is 0.251 e. The summed E-state index contributed by atoms with van der Waals surface area (Å²) >= 11 is 0. The minimum absolute atomic E-state index is 0.130. The van der Waals surface area contributed by atoms with Crippen LogP contribution in [0.3, 0.4) is 0 Å². The quantitative estimate of drug-likeness (QED) is 0.723. The Labute approximate surface area is 143 Å². The summed E-state index contributed by atoms with van der Waals surface area (Å²) in [4.78, 5) is 12.2. The number of sulfonamides is 1. The van der Waals surface area contributed by atoms with Crippen LogP contribution in [0, 0.1) is 0 Å². The van der Waals surface area contributed by atoms with E-state index < -0.39 is 10.0 Å². The fourth-order valence-electron chi connectivity index (χ4n) is 2.68. The van der Waals surface area contributed by atoms with E-state index in [4.69, 9.17) is 4.74 Å². The average Bonchev–Trinajstić information content (AvgIpc) is 2.54. The van der Waals surface area contributed by atoms with Gasteiger partial charge in [-0.15, -0.1) is 0 Å². The Bertz CT molecular complexity index is 668. The Morgan fingerprint density at radius 1 is 1.25 bits per heavy atom. The molecule has 0 bridgehead atoms. The van der Waals surface area contributed by atoms with Gasteiger partial charge in [0, 0.05) is 31.7 Å². The topological polar surface area (TPSA) is 87.7 Å². The molecule has 8 heteroatoms. The first-order valence-electron chi connectivity index (χ1n) is 8.03. The lowest BCUT2D eigenvalue weighted by Gasteiger charge is -2.34. The Morgan fingerprint density at radius 2 is 1.92 bits per heavy atom. The highest BCUT2D eigenvalue weighted by Crippen LogP contribution is 2.21. The van der Waals surface area contributed by atoms with Crippen LogP contribution in [0.25, 0.3) is 0 Å². The van der Waals surface area contributed by atoms with Gasteiger partial charge in [0.25, 0.3) is 5.91 Å². The molecule has 1 heterocycles. The highest BCUT2D eigenvalue weighted by molar-refractivity contribution is 7.89. The van der Waals surface area contributed by atoms with Crippen molar-refractivity contribution in [3.8, 4) is 0 Å². The van der Waals surface area contributed by atoms with Crippen LogP contribution in [-0.2, 0) is 14.8 Å². The van der Waals surface area contributed by atoms with Crippen molar-refractivity contribution in [2.45, 2.75) is 31.0 Å². The third-order valence-electron chi connectivity index (χ3n) is 3.78. The lowest BCUT2D eigenvalue weighted by molar-refractivity contribution is -0.0440. The third kappa shape index (κ3) is 4.54. The van der Waals surface area contributed by atoms with E-state index in [9.17, 15) is 13.2 Å². The number of carbonyl (C=O) groups is 1. The minimum Gasteiger partial charge on any atom is -0.373 e. The summed E-state index contributed by atoms with van der Waals surface area (Å²) in [7, 11) is -1.85.